The van der Waals surface area contributed by atoms with Gasteiger partial charge in [-0.05, 0) is 31.2 Å². The van der Waals surface area contributed by atoms with E-state index in [1.807, 2.05) is 0 Å². The molecule has 3 atom stereocenters. The fourth-order valence-electron chi connectivity index (χ4n) is 4.55. The molecule has 0 unspecified atom stereocenters. The molecule has 2 amide bonds. The number of carboxylic acids is 1. The van der Waals surface area contributed by atoms with E-state index in [-0.39, 0.29) is 27.6 Å². The minimum atomic E-state index is -1.18. The Labute approximate surface area is 192 Å². The fourth-order valence-corrected chi connectivity index (χ4v) is 5.79. The van der Waals surface area contributed by atoms with Crippen LogP contribution in [0, 0.1) is 5.92 Å². The van der Waals surface area contributed by atoms with E-state index in [9.17, 15) is 24.3 Å². The summed E-state index contributed by atoms with van der Waals surface area (Å²) in [6.07, 6.45) is 0. The van der Waals surface area contributed by atoms with E-state index in [1.165, 1.54) is 24.3 Å². The maximum atomic E-state index is 13.6. The van der Waals surface area contributed by atoms with Gasteiger partial charge in [-0.25, -0.2) is 14.5 Å². The molecule has 0 bridgehead atoms. The van der Waals surface area contributed by atoms with Crippen molar-refractivity contribution >= 4 is 41.2 Å². The lowest BCUT2D eigenvalue weighted by Crippen LogP contribution is -2.39. The van der Waals surface area contributed by atoms with E-state index < -0.39 is 40.8 Å². The standard InChI is InChI=1S/C23H18N2O7S/c1-2-31-13-8-4-7-12-14-15-18(33-19(24)16(14)23(30)32-17(12)13)21(27)25(20(15)26)11-6-3-5-10(9-11)22(28)29/h3-9,14-15,18H,2,24H2,1H3,(H,28,29)/t14-,15+,18-/m0/s1. The Kier molecular flexibility index (Phi) is 4.89. The summed E-state index contributed by atoms with van der Waals surface area (Å²) in [6.45, 7) is 2.14. The summed E-state index contributed by atoms with van der Waals surface area (Å²) >= 11 is 0.953. The van der Waals surface area contributed by atoms with Gasteiger partial charge in [-0.3, -0.25) is 9.59 Å². The molecule has 0 saturated carbocycles. The van der Waals surface area contributed by atoms with Gasteiger partial charge >= 0.3 is 11.9 Å². The first kappa shape index (κ1) is 21.1. The second kappa shape index (κ2) is 7.66. The lowest BCUT2D eigenvalue weighted by atomic mass is 9.77. The maximum absolute atomic E-state index is 13.6. The number of carbonyl (C=O) groups is 4. The molecule has 0 radical (unpaired) electrons. The van der Waals surface area contributed by atoms with E-state index in [4.69, 9.17) is 15.2 Å². The number of amides is 2. The van der Waals surface area contributed by atoms with E-state index in [0.29, 0.717) is 17.9 Å². The molecule has 2 aromatic carbocycles. The lowest BCUT2D eigenvalue weighted by molar-refractivity contribution is -0.132. The predicted molar refractivity (Wildman–Crippen MR) is 118 cm³/mol. The molecule has 2 aromatic rings. The summed E-state index contributed by atoms with van der Waals surface area (Å²) in [6, 6.07) is 10.7. The number of fused-ring (bicyclic) bond motifs is 5. The molecule has 3 aliphatic rings. The van der Waals surface area contributed by atoms with Crippen LogP contribution in [0.3, 0.4) is 0 Å². The Bertz CT molecular complexity index is 1270. The Balaban J connectivity index is 1.64. The molecule has 3 heterocycles. The Morgan fingerprint density at radius 1 is 1.18 bits per heavy atom. The molecule has 1 fully saturated rings. The van der Waals surface area contributed by atoms with Crippen LogP contribution < -0.4 is 20.1 Å². The number of hydrogen-bond acceptors (Lipinski definition) is 8. The molecule has 33 heavy (non-hydrogen) atoms. The van der Waals surface area contributed by atoms with Crippen LogP contribution in [-0.2, 0) is 14.4 Å². The van der Waals surface area contributed by atoms with Crippen LogP contribution in [0.15, 0.2) is 53.1 Å². The number of anilines is 1. The van der Waals surface area contributed by atoms with Gasteiger partial charge in [0, 0.05) is 11.5 Å². The van der Waals surface area contributed by atoms with Crippen LogP contribution in [0.5, 0.6) is 11.5 Å². The number of carbonyl (C=O) groups excluding carboxylic acids is 3. The second-order valence-corrected chi connectivity index (χ2v) is 8.87. The molecule has 168 valence electrons. The molecule has 0 aliphatic carbocycles. The summed E-state index contributed by atoms with van der Waals surface area (Å²) in [4.78, 5) is 52.2. The highest BCUT2D eigenvalue weighted by Crippen LogP contribution is 2.56. The van der Waals surface area contributed by atoms with Crippen molar-refractivity contribution in [1.29, 1.82) is 0 Å². The van der Waals surface area contributed by atoms with Crippen molar-refractivity contribution in [2.45, 2.75) is 18.1 Å². The number of esters is 1. The molecular weight excluding hydrogens is 448 g/mol. The quantitative estimate of drug-likeness (QED) is 0.395. The Hall–Kier alpha value is -3.79. The normalized spacial score (nSPS) is 23.6. The third-order valence-corrected chi connectivity index (χ3v) is 7.12. The zero-order valence-corrected chi connectivity index (χ0v) is 18.1. The molecule has 10 heteroatoms. The molecule has 0 spiro atoms. The Morgan fingerprint density at radius 3 is 2.67 bits per heavy atom. The smallest absolute Gasteiger partial charge is 0.342 e. The number of hydrogen-bond donors (Lipinski definition) is 2. The van der Waals surface area contributed by atoms with Crippen molar-refractivity contribution in [3.05, 3.63) is 64.2 Å². The summed E-state index contributed by atoms with van der Waals surface area (Å²) < 4.78 is 11.1. The summed E-state index contributed by atoms with van der Waals surface area (Å²) in [5.74, 6) is -4.04. The first-order valence-corrected chi connectivity index (χ1v) is 11.1. The third-order valence-electron chi connectivity index (χ3n) is 5.90. The number of nitrogens with zero attached hydrogens (tertiary/aromatic N) is 1. The minimum Gasteiger partial charge on any atom is -0.490 e. The number of carboxylic acid groups (broad SMARTS) is 1. The second-order valence-electron chi connectivity index (χ2n) is 7.68. The number of thioether (sulfide) groups is 1. The SMILES string of the molecule is CCOc1cccc2c1OC(=O)C1=C(N)S[C@@H]3C(=O)N(c4cccc(C(=O)O)c4)C(=O)[C@@H]3[C@@H]12. The third kappa shape index (κ3) is 3.09. The summed E-state index contributed by atoms with van der Waals surface area (Å²) in [7, 11) is 0. The van der Waals surface area contributed by atoms with Gasteiger partial charge in [-0.1, -0.05) is 30.0 Å². The average Bonchev–Trinajstić information content (AvgIpc) is 3.04. The Morgan fingerprint density at radius 2 is 1.94 bits per heavy atom. The first-order chi connectivity index (χ1) is 15.8. The van der Waals surface area contributed by atoms with Gasteiger partial charge in [-0.15, -0.1) is 0 Å². The molecule has 0 aromatic heterocycles. The van der Waals surface area contributed by atoms with Crippen LogP contribution in [0.1, 0.15) is 28.8 Å². The van der Waals surface area contributed by atoms with Crippen LogP contribution in [0.4, 0.5) is 5.69 Å². The largest absolute Gasteiger partial charge is 0.490 e. The predicted octanol–water partition coefficient (Wildman–Crippen LogP) is 2.26. The average molecular weight is 466 g/mol. The first-order valence-electron chi connectivity index (χ1n) is 10.2. The fraction of sp³-hybridized carbons (Fsp3) is 0.217. The highest BCUT2D eigenvalue weighted by atomic mass is 32.2. The number of rotatable bonds is 4. The van der Waals surface area contributed by atoms with Crippen molar-refractivity contribution in [3.63, 3.8) is 0 Å². The summed E-state index contributed by atoms with van der Waals surface area (Å²) in [5.41, 5.74) is 6.98. The van der Waals surface area contributed by atoms with Crippen molar-refractivity contribution in [2.24, 2.45) is 11.7 Å². The van der Waals surface area contributed by atoms with Gasteiger partial charge in [-0.2, -0.15) is 0 Å². The maximum Gasteiger partial charge on any atom is 0.342 e. The molecule has 3 aliphatic heterocycles. The lowest BCUT2D eigenvalue weighted by Gasteiger charge is -2.36. The van der Waals surface area contributed by atoms with Gasteiger partial charge in [0.2, 0.25) is 11.8 Å². The number of imide groups is 1. The number of nitrogens with two attached hydrogens (primary N) is 1. The van der Waals surface area contributed by atoms with Gasteiger partial charge in [0.05, 0.1) is 34.4 Å². The molecule has 3 N–H and O–H groups in total. The van der Waals surface area contributed by atoms with Gasteiger partial charge in [0.25, 0.3) is 0 Å². The topological polar surface area (TPSA) is 136 Å². The van der Waals surface area contributed by atoms with Gasteiger partial charge in [0.15, 0.2) is 11.5 Å². The van der Waals surface area contributed by atoms with Crippen LogP contribution >= 0.6 is 11.8 Å². The van der Waals surface area contributed by atoms with Crippen molar-refractivity contribution < 1.29 is 33.8 Å². The molecule has 5 rings (SSSR count). The number of para-hydroxylation sites is 1. The highest BCUT2D eigenvalue weighted by Gasteiger charge is 2.59. The highest BCUT2D eigenvalue weighted by molar-refractivity contribution is 8.04. The van der Waals surface area contributed by atoms with E-state index in [1.54, 1.807) is 25.1 Å². The number of ether oxygens (including phenoxy) is 2. The van der Waals surface area contributed by atoms with Gasteiger partial charge in [0.1, 0.15) is 5.25 Å². The minimum absolute atomic E-state index is 0.0538. The zero-order valence-electron chi connectivity index (χ0n) is 17.3. The molecule has 9 nitrogen and oxygen atoms in total. The van der Waals surface area contributed by atoms with Crippen LogP contribution in [0.25, 0.3) is 0 Å². The molecule has 1 saturated heterocycles. The zero-order chi connectivity index (χ0) is 23.4. The van der Waals surface area contributed by atoms with Crippen LogP contribution in [-0.4, -0.2) is 40.7 Å². The van der Waals surface area contributed by atoms with E-state index in [0.717, 1.165) is 16.7 Å². The van der Waals surface area contributed by atoms with Gasteiger partial charge < -0.3 is 20.3 Å². The summed E-state index contributed by atoms with van der Waals surface area (Å²) in [5, 5.41) is 8.57. The monoisotopic (exact) mass is 466 g/mol. The van der Waals surface area contributed by atoms with Crippen molar-refractivity contribution in [3.8, 4) is 11.5 Å². The van der Waals surface area contributed by atoms with E-state index in [2.05, 4.69) is 0 Å². The number of benzene rings is 2. The van der Waals surface area contributed by atoms with Crippen molar-refractivity contribution in [2.75, 3.05) is 11.5 Å². The van der Waals surface area contributed by atoms with Crippen molar-refractivity contribution in [1.82, 2.24) is 0 Å². The number of aromatic carboxylic acids is 1. The van der Waals surface area contributed by atoms with E-state index >= 15 is 0 Å². The molecular formula is C23H18N2O7S. The van der Waals surface area contributed by atoms with Crippen LogP contribution in [0.2, 0.25) is 0 Å².